The maximum Gasteiger partial charge on any atom is 0.0894 e. The zero-order valence-corrected chi connectivity index (χ0v) is 15.1. The summed E-state index contributed by atoms with van der Waals surface area (Å²) < 4.78 is 0. The van der Waals surface area contributed by atoms with Gasteiger partial charge in [-0.1, -0.05) is 84.9 Å². The number of benzene rings is 4. The van der Waals surface area contributed by atoms with Gasteiger partial charge in [0.15, 0.2) is 0 Å². The van der Waals surface area contributed by atoms with Crippen molar-refractivity contribution in [1.29, 1.82) is 0 Å². The fourth-order valence-corrected chi connectivity index (χ4v) is 4.00. The molecule has 130 valence electrons. The highest BCUT2D eigenvalue weighted by Crippen LogP contribution is 2.29. The number of hydrogen-bond acceptors (Lipinski definition) is 2. The summed E-state index contributed by atoms with van der Waals surface area (Å²) in [6.07, 6.45) is 0. The van der Waals surface area contributed by atoms with Crippen LogP contribution in [-0.2, 0) is 0 Å². The van der Waals surface area contributed by atoms with Gasteiger partial charge in [0.25, 0.3) is 0 Å². The molecule has 0 saturated heterocycles. The molecular weight excluding hydrogens is 340 g/mol. The number of nitrogens with zero attached hydrogens (tertiary/aromatic N) is 2. The Labute approximate surface area is 162 Å². The van der Waals surface area contributed by atoms with Gasteiger partial charge in [-0.05, 0) is 22.9 Å². The molecule has 6 rings (SSSR count). The van der Waals surface area contributed by atoms with Crippen molar-refractivity contribution in [2.45, 2.75) is 0 Å². The molecule has 28 heavy (non-hydrogen) atoms. The molecule has 4 aromatic carbocycles. The lowest BCUT2D eigenvalue weighted by molar-refractivity contribution is 1.33. The van der Waals surface area contributed by atoms with Gasteiger partial charge in [0.1, 0.15) is 0 Å². The maximum absolute atomic E-state index is 5.00. The molecule has 0 aliphatic heterocycles. The SMILES string of the molecule is c1ccc2c(c1)ccc1ccc(-c3ccc4ccc5ccccc5c4n3)nc12. The number of pyridine rings is 2. The van der Waals surface area contributed by atoms with Crippen LogP contribution in [0.25, 0.3) is 54.7 Å². The predicted molar refractivity (Wildman–Crippen MR) is 117 cm³/mol. The Bertz CT molecular complexity index is 1400. The van der Waals surface area contributed by atoms with E-state index in [9.17, 15) is 0 Å². The molecule has 0 aliphatic carbocycles. The molecule has 2 nitrogen and oxygen atoms in total. The predicted octanol–water partition coefficient (Wildman–Crippen LogP) is 6.76. The van der Waals surface area contributed by atoms with E-state index in [1.165, 1.54) is 21.5 Å². The van der Waals surface area contributed by atoms with E-state index in [1.807, 2.05) is 0 Å². The first-order chi connectivity index (χ1) is 13.9. The Morgan fingerprint density at radius 3 is 1.25 bits per heavy atom. The van der Waals surface area contributed by atoms with E-state index >= 15 is 0 Å². The quantitative estimate of drug-likeness (QED) is 0.304. The van der Waals surface area contributed by atoms with Gasteiger partial charge >= 0.3 is 0 Å². The topological polar surface area (TPSA) is 25.8 Å². The summed E-state index contributed by atoms with van der Waals surface area (Å²) in [6.45, 7) is 0. The third-order valence-corrected chi connectivity index (χ3v) is 5.43. The van der Waals surface area contributed by atoms with Crippen LogP contribution < -0.4 is 0 Å². The fraction of sp³-hybridized carbons (Fsp3) is 0. The van der Waals surface area contributed by atoms with E-state index < -0.39 is 0 Å². The highest BCUT2D eigenvalue weighted by molar-refractivity contribution is 6.07. The van der Waals surface area contributed by atoms with Gasteiger partial charge in [-0.3, -0.25) is 0 Å². The van der Waals surface area contributed by atoms with Gasteiger partial charge in [0.2, 0.25) is 0 Å². The van der Waals surface area contributed by atoms with E-state index in [-0.39, 0.29) is 0 Å². The monoisotopic (exact) mass is 356 g/mol. The van der Waals surface area contributed by atoms with Gasteiger partial charge in [-0.2, -0.15) is 0 Å². The summed E-state index contributed by atoms with van der Waals surface area (Å²) >= 11 is 0. The lowest BCUT2D eigenvalue weighted by atomic mass is 10.0. The fourth-order valence-electron chi connectivity index (χ4n) is 4.00. The van der Waals surface area contributed by atoms with Crippen LogP contribution in [0.4, 0.5) is 0 Å². The second-order valence-electron chi connectivity index (χ2n) is 7.11. The zero-order valence-electron chi connectivity index (χ0n) is 15.1. The first-order valence-electron chi connectivity index (χ1n) is 9.44. The van der Waals surface area contributed by atoms with Crippen molar-refractivity contribution in [1.82, 2.24) is 9.97 Å². The molecule has 2 heterocycles. The standard InChI is InChI=1S/C26H16N2/c1-3-7-21-17(5-1)9-11-19-13-15-23(27-25(19)21)24-16-14-20-12-10-18-6-2-4-8-22(18)26(20)28-24/h1-16H. The largest absolute Gasteiger partial charge is 0.245 e. The number of aromatic nitrogens is 2. The Hall–Kier alpha value is -3.78. The first kappa shape index (κ1) is 15.3. The minimum Gasteiger partial charge on any atom is -0.245 e. The number of hydrogen-bond donors (Lipinski definition) is 0. The smallest absolute Gasteiger partial charge is 0.0894 e. The van der Waals surface area contributed by atoms with Crippen LogP contribution >= 0.6 is 0 Å². The van der Waals surface area contributed by atoms with Crippen LogP contribution in [0, 0.1) is 0 Å². The lowest BCUT2D eigenvalue weighted by Gasteiger charge is -2.08. The van der Waals surface area contributed by atoms with Gasteiger partial charge in [-0.15, -0.1) is 0 Å². The summed E-state index contributed by atoms with van der Waals surface area (Å²) in [5, 5.41) is 7.05. The summed E-state index contributed by atoms with van der Waals surface area (Å²) in [7, 11) is 0. The van der Waals surface area contributed by atoms with E-state index in [2.05, 4.69) is 97.1 Å². The Kier molecular flexibility index (Phi) is 3.20. The van der Waals surface area contributed by atoms with Crippen molar-refractivity contribution in [2.75, 3.05) is 0 Å². The minimum atomic E-state index is 0.902. The molecule has 0 saturated carbocycles. The molecule has 0 N–H and O–H groups in total. The van der Waals surface area contributed by atoms with Crippen molar-refractivity contribution in [2.24, 2.45) is 0 Å². The Balaban J connectivity index is 1.63. The average Bonchev–Trinajstić information content (AvgIpc) is 2.78. The molecular formula is C26H16N2. The van der Waals surface area contributed by atoms with Crippen LogP contribution in [0.15, 0.2) is 97.1 Å². The molecule has 0 atom stereocenters. The van der Waals surface area contributed by atoms with Crippen molar-refractivity contribution in [3.63, 3.8) is 0 Å². The Morgan fingerprint density at radius 2 is 0.750 bits per heavy atom. The number of rotatable bonds is 1. The number of fused-ring (bicyclic) bond motifs is 6. The zero-order chi connectivity index (χ0) is 18.5. The minimum absolute atomic E-state index is 0.902. The van der Waals surface area contributed by atoms with Crippen molar-refractivity contribution in [3.05, 3.63) is 97.1 Å². The lowest BCUT2D eigenvalue weighted by Crippen LogP contribution is -1.91. The summed E-state index contributed by atoms with van der Waals surface area (Å²) in [6, 6.07) is 33.8. The third-order valence-electron chi connectivity index (χ3n) is 5.43. The van der Waals surface area contributed by atoms with E-state index in [0.29, 0.717) is 0 Å². The molecule has 0 fully saturated rings. The molecule has 0 aliphatic rings. The van der Waals surface area contributed by atoms with Crippen LogP contribution in [0.2, 0.25) is 0 Å². The highest BCUT2D eigenvalue weighted by Gasteiger charge is 2.08. The van der Waals surface area contributed by atoms with E-state index in [1.54, 1.807) is 0 Å². The van der Waals surface area contributed by atoms with Crippen LogP contribution in [-0.4, -0.2) is 9.97 Å². The molecule has 0 radical (unpaired) electrons. The molecule has 2 heteroatoms. The van der Waals surface area contributed by atoms with Crippen molar-refractivity contribution >= 4 is 43.4 Å². The van der Waals surface area contributed by atoms with Crippen LogP contribution in [0.3, 0.4) is 0 Å². The molecule has 2 aromatic heterocycles. The van der Waals surface area contributed by atoms with Gasteiger partial charge < -0.3 is 0 Å². The van der Waals surface area contributed by atoms with E-state index in [4.69, 9.17) is 9.97 Å². The third kappa shape index (κ3) is 2.28. The molecule has 0 unspecified atom stereocenters. The summed E-state index contributed by atoms with van der Waals surface area (Å²) in [5.41, 5.74) is 3.85. The van der Waals surface area contributed by atoms with Crippen molar-refractivity contribution < 1.29 is 0 Å². The highest BCUT2D eigenvalue weighted by atomic mass is 14.8. The van der Waals surface area contributed by atoms with Crippen molar-refractivity contribution in [3.8, 4) is 11.4 Å². The summed E-state index contributed by atoms with van der Waals surface area (Å²) in [5.74, 6) is 0. The molecule has 6 aromatic rings. The van der Waals surface area contributed by atoms with Gasteiger partial charge in [-0.25, -0.2) is 9.97 Å². The van der Waals surface area contributed by atoms with Gasteiger partial charge in [0.05, 0.1) is 22.4 Å². The second kappa shape index (κ2) is 5.86. The average molecular weight is 356 g/mol. The summed E-state index contributed by atoms with van der Waals surface area (Å²) in [4.78, 5) is 10.00. The van der Waals surface area contributed by atoms with Gasteiger partial charge in [0, 0.05) is 21.5 Å². The first-order valence-corrected chi connectivity index (χ1v) is 9.44. The maximum atomic E-state index is 5.00. The van der Waals surface area contributed by atoms with Crippen LogP contribution in [0.1, 0.15) is 0 Å². The normalized spacial score (nSPS) is 11.6. The van der Waals surface area contributed by atoms with E-state index in [0.717, 1.165) is 33.2 Å². The molecule has 0 amide bonds. The molecule has 0 bridgehead atoms. The Morgan fingerprint density at radius 1 is 0.357 bits per heavy atom. The second-order valence-corrected chi connectivity index (χ2v) is 7.11. The molecule has 0 spiro atoms. The van der Waals surface area contributed by atoms with Crippen LogP contribution in [0.5, 0.6) is 0 Å².